The lowest BCUT2D eigenvalue weighted by atomic mass is 9.98. The fourth-order valence-electron chi connectivity index (χ4n) is 2.63. The van der Waals surface area contributed by atoms with Crippen LogP contribution in [0.15, 0.2) is 0 Å². The van der Waals surface area contributed by atoms with Gasteiger partial charge in [0.05, 0.1) is 18.1 Å². The van der Waals surface area contributed by atoms with Crippen LogP contribution in [-0.2, 0) is 14.6 Å². The molecule has 0 aromatic rings. The molecule has 6 nitrogen and oxygen atoms in total. The van der Waals surface area contributed by atoms with Crippen LogP contribution >= 0.6 is 0 Å². The smallest absolute Gasteiger partial charge is 0.421 e. The first-order valence-electron chi connectivity index (χ1n) is 5.94. The minimum absolute atomic E-state index is 0.00976. The van der Waals surface area contributed by atoms with Crippen LogP contribution in [0, 0.1) is 0 Å². The predicted molar refractivity (Wildman–Crippen MR) is 68.8 cm³/mol. The van der Waals surface area contributed by atoms with Gasteiger partial charge in [0.25, 0.3) is 0 Å². The second-order valence-electron chi connectivity index (χ2n) is 5.82. The zero-order chi connectivity index (χ0) is 14.2. The number of nitrogens with zero attached hydrogens (tertiary/aromatic N) is 1. The van der Waals surface area contributed by atoms with Gasteiger partial charge in [0.2, 0.25) is 0 Å². The van der Waals surface area contributed by atoms with Crippen molar-refractivity contribution in [2.75, 3.05) is 18.1 Å². The summed E-state index contributed by atoms with van der Waals surface area (Å²) in [5, 5.41) is 1.68. The fraction of sp³-hybridized carbons (Fsp3) is 0.909. The number of hydrogen-bond acceptors (Lipinski definition) is 5. The molecule has 1 rings (SSSR count). The quantitative estimate of drug-likeness (QED) is 0.813. The van der Waals surface area contributed by atoms with Crippen molar-refractivity contribution in [2.45, 2.75) is 45.7 Å². The molecule has 0 aromatic heterocycles. The summed E-state index contributed by atoms with van der Waals surface area (Å²) in [6.07, 6.45) is -0.557. The summed E-state index contributed by atoms with van der Waals surface area (Å²) in [5.74, 6) is 0.0195. The highest BCUT2D eigenvalue weighted by Gasteiger charge is 2.49. The van der Waals surface area contributed by atoms with E-state index in [0.29, 0.717) is 0 Å². The van der Waals surface area contributed by atoms with E-state index in [-0.39, 0.29) is 18.1 Å². The Morgan fingerprint density at radius 3 is 2.06 bits per heavy atom. The maximum atomic E-state index is 11.9. The van der Waals surface area contributed by atoms with Crippen molar-refractivity contribution in [3.63, 3.8) is 0 Å². The van der Waals surface area contributed by atoms with Crippen molar-refractivity contribution in [3.8, 4) is 0 Å². The summed E-state index contributed by atoms with van der Waals surface area (Å²) in [7, 11) is -3.11. The first kappa shape index (κ1) is 15.2. The van der Waals surface area contributed by atoms with E-state index in [9.17, 15) is 13.2 Å². The molecule has 0 atom stereocenters. The number of carbonyl (C=O) groups is 1. The molecular weight excluding hydrogens is 256 g/mol. The lowest BCUT2D eigenvalue weighted by Crippen LogP contribution is -2.70. The number of hydrazine groups is 1. The van der Waals surface area contributed by atoms with Gasteiger partial charge in [-0.1, -0.05) is 0 Å². The van der Waals surface area contributed by atoms with Crippen molar-refractivity contribution in [3.05, 3.63) is 0 Å². The molecule has 0 spiro atoms. The number of carbonyl (C=O) groups excluding carboxylic acids is 1. The van der Waals surface area contributed by atoms with Gasteiger partial charge in [0.15, 0.2) is 9.84 Å². The van der Waals surface area contributed by atoms with Gasteiger partial charge in [-0.05, 0) is 34.6 Å². The van der Waals surface area contributed by atoms with Crippen molar-refractivity contribution < 1.29 is 17.9 Å². The van der Waals surface area contributed by atoms with Gasteiger partial charge in [-0.15, -0.1) is 0 Å². The standard InChI is InChI=1S/C11H22N2O4S/c1-6-17-9(14)12-13-10(2,3)7-18(15,16)8-11(13,4)5/h6-8H2,1-5H3,(H,12,14). The summed E-state index contributed by atoms with van der Waals surface area (Å²) in [5.41, 5.74) is 1.30. The average molecular weight is 278 g/mol. The van der Waals surface area contributed by atoms with E-state index >= 15 is 0 Å². The van der Waals surface area contributed by atoms with Gasteiger partial charge in [0, 0.05) is 11.1 Å². The highest BCUT2D eigenvalue weighted by atomic mass is 32.2. The van der Waals surface area contributed by atoms with E-state index in [4.69, 9.17) is 4.74 Å². The lowest BCUT2D eigenvalue weighted by Gasteiger charge is -2.51. The fourth-order valence-corrected chi connectivity index (χ4v) is 5.15. The van der Waals surface area contributed by atoms with E-state index in [2.05, 4.69) is 5.43 Å². The third-order valence-corrected chi connectivity index (χ3v) is 5.13. The molecule has 18 heavy (non-hydrogen) atoms. The minimum Gasteiger partial charge on any atom is -0.449 e. The summed E-state index contributed by atoms with van der Waals surface area (Å²) in [6.45, 7) is 9.15. The molecule has 1 fully saturated rings. The molecule has 1 saturated heterocycles. The maximum Gasteiger partial charge on any atom is 0.421 e. The highest BCUT2D eigenvalue weighted by molar-refractivity contribution is 7.91. The zero-order valence-electron chi connectivity index (χ0n) is 11.6. The van der Waals surface area contributed by atoms with Crippen LogP contribution in [0.3, 0.4) is 0 Å². The number of ether oxygens (including phenoxy) is 1. The van der Waals surface area contributed by atoms with Crippen LogP contribution in [0.5, 0.6) is 0 Å². The van der Waals surface area contributed by atoms with Gasteiger partial charge in [-0.3, -0.25) is 5.43 Å². The molecule has 106 valence electrons. The highest BCUT2D eigenvalue weighted by Crippen LogP contribution is 2.31. The van der Waals surface area contributed by atoms with E-state index in [0.717, 1.165) is 0 Å². The Morgan fingerprint density at radius 2 is 1.67 bits per heavy atom. The second-order valence-corrected chi connectivity index (χ2v) is 7.89. The van der Waals surface area contributed by atoms with Crippen LogP contribution in [-0.4, -0.2) is 48.7 Å². The van der Waals surface area contributed by atoms with Crippen LogP contribution < -0.4 is 5.43 Å². The molecule has 1 aliphatic heterocycles. The molecular formula is C11H22N2O4S. The topological polar surface area (TPSA) is 75.7 Å². The largest absolute Gasteiger partial charge is 0.449 e. The monoisotopic (exact) mass is 278 g/mol. The first-order valence-corrected chi connectivity index (χ1v) is 7.76. The normalized spacial score (nSPS) is 25.4. The molecule has 0 aromatic carbocycles. The summed E-state index contributed by atoms with van der Waals surface area (Å²) in [4.78, 5) is 11.5. The van der Waals surface area contributed by atoms with Gasteiger partial charge in [-0.2, -0.15) is 0 Å². The summed E-state index contributed by atoms with van der Waals surface area (Å²) < 4.78 is 28.6. The molecule has 1 N–H and O–H groups in total. The Labute approximate surface area is 109 Å². The molecule has 0 aliphatic carbocycles. The first-order chi connectivity index (χ1) is 8.00. The minimum atomic E-state index is -3.11. The van der Waals surface area contributed by atoms with E-state index < -0.39 is 27.0 Å². The Kier molecular flexibility index (Phi) is 3.97. The van der Waals surface area contributed by atoms with Crippen molar-refractivity contribution in [1.82, 2.24) is 10.4 Å². The number of rotatable bonds is 2. The number of amides is 1. The summed E-state index contributed by atoms with van der Waals surface area (Å²) >= 11 is 0. The second kappa shape index (κ2) is 4.70. The van der Waals surface area contributed by atoms with Gasteiger partial charge in [0.1, 0.15) is 0 Å². The van der Waals surface area contributed by atoms with Gasteiger partial charge >= 0.3 is 6.09 Å². The number of sulfone groups is 1. The Bertz CT molecular complexity index is 404. The van der Waals surface area contributed by atoms with Crippen LogP contribution in [0.4, 0.5) is 4.79 Å². The SMILES string of the molecule is CCOC(=O)NN1C(C)(C)CS(=O)(=O)CC1(C)C. The number of hydrogen-bond donors (Lipinski definition) is 1. The Hall–Kier alpha value is -0.820. The van der Waals surface area contributed by atoms with Crippen molar-refractivity contribution in [1.29, 1.82) is 0 Å². The molecule has 0 radical (unpaired) electrons. The third-order valence-electron chi connectivity index (χ3n) is 2.84. The van der Waals surface area contributed by atoms with Crippen LogP contribution in [0.1, 0.15) is 34.6 Å². The molecule has 0 bridgehead atoms. The molecule has 1 aliphatic rings. The van der Waals surface area contributed by atoms with E-state index in [1.54, 1.807) is 39.6 Å². The van der Waals surface area contributed by atoms with Crippen molar-refractivity contribution >= 4 is 15.9 Å². The molecule has 0 unspecified atom stereocenters. The Morgan fingerprint density at radius 1 is 1.22 bits per heavy atom. The number of nitrogens with one attached hydrogen (secondary N) is 1. The van der Waals surface area contributed by atoms with Gasteiger partial charge in [-0.25, -0.2) is 18.2 Å². The van der Waals surface area contributed by atoms with E-state index in [1.165, 1.54) is 0 Å². The zero-order valence-corrected chi connectivity index (χ0v) is 12.4. The van der Waals surface area contributed by atoms with Crippen molar-refractivity contribution in [2.24, 2.45) is 0 Å². The summed E-state index contributed by atoms with van der Waals surface area (Å²) in [6, 6.07) is 0. The average Bonchev–Trinajstić information content (AvgIpc) is 2.08. The Balaban J connectivity index is 2.98. The molecule has 0 saturated carbocycles. The predicted octanol–water partition coefficient (Wildman–Crippen LogP) is 0.935. The van der Waals surface area contributed by atoms with Crippen LogP contribution in [0.25, 0.3) is 0 Å². The van der Waals surface area contributed by atoms with Gasteiger partial charge < -0.3 is 4.74 Å². The molecule has 1 amide bonds. The molecule has 7 heteroatoms. The third kappa shape index (κ3) is 3.35. The van der Waals surface area contributed by atoms with E-state index in [1.807, 2.05) is 0 Å². The lowest BCUT2D eigenvalue weighted by molar-refractivity contribution is -0.0180. The molecule has 1 heterocycles. The maximum absolute atomic E-state index is 11.9. The van der Waals surface area contributed by atoms with Crippen LogP contribution in [0.2, 0.25) is 0 Å².